The number of carboxylic acid groups (broad SMARTS) is 1. The highest BCUT2D eigenvalue weighted by atomic mass is 16.4. The van der Waals surface area contributed by atoms with Gasteiger partial charge in [-0.1, -0.05) is 13.0 Å². The molecule has 0 heterocycles. The van der Waals surface area contributed by atoms with Crippen LogP contribution < -0.4 is 10.6 Å². The van der Waals surface area contributed by atoms with Crippen LogP contribution in [0.15, 0.2) is 24.3 Å². The number of hydrogen-bond acceptors (Lipinski definition) is 2. The molecule has 0 atom stereocenters. The fourth-order valence-corrected chi connectivity index (χ4v) is 1.50. The fourth-order valence-electron chi connectivity index (χ4n) is 1.50. The molecule has 0 aliphatic rings. The van der Waals surface area contributed by atoms with E-state index in [1.807, 2.05) is 19.9 Å². The van der Waals surface area contributed by atoms with E-state index in [2.05, 4.69) is 10.6 Å². The average molecular weight is 262 g/mol. The van der Waals surface area contributed by atoms with Crippen molar-refractivity contribution in [3.63, 3.8) is 0 Å². The summed E-state index contributed by atoms with van der Waals surface area (Å²) in [7, 11) is 0. The normalized spacial score (nSPS) is 10.4. The molecule has 1 rings (SSSR count). The summed E-state index contributed by atoms with van der Waals surface area (Å²) in [4.78, 5) is 21.9. The first-order valence-corrected chi connectivity index (χ1v) is 6.09. The maximum absolute atomic E-state index is 11.5. The van der Waals surface area contributed by atoms with E-state index in [1.54, 1.807) is 12.1 Å². The van der Waals surface area contributed by atoms with Crippen molar-refractivity contribution in [1.29, 1.82) is 0 Å². The van der Waals surface area contributed by atoms with Gasteiger partial charge in [0.15, 0.2) is 0 Å². The summed E-state index contributed by atoms with van der Waals surface area (Å²) in [6.45, 7) is 4.47. The molecule has 0 spiro atoms. The monoisotopic (exact) mass is 262 g/mol. The minimum atomic E-state index is -0.987. The molecule has 0 bridgehead atoms. The molecule has 0 aliphatic heterocycles. The zero-order valence-electron chi connectivity index (χ0n) is 11.1. The SMILES string of the molecule is CCCNC(=O)Nc1ccc(/C=C/C(=O)O)cc1C. The maximum atomic E-state index is 11.5. The highest BCUT2D eigenvalue weighted by molar-refractivity contribution is 5.90. The molecule has 3 N–H and O–H groups in total. The summed E-state index contributed by atoms with van der Waals surface area (Å²) in [6.07, 6.45) is 3.47. The molecule has 5 nitrogen and oxygen atoms in total. The minimum absolute atomic E-state index is 0.237. The van der Waals surface area contributed by atoms with E-state index in [0.29, 0.717) is 12.2 Å². The number of aliphatic carboxylic acids is 1. The van der Waals surface area contributed by atoms with E-state index in [9.17, 15) is 9.59 Å². The highest BCUT2D eigenvalue weighted by Crippen LogP contribution is 2.17. The molecule has 19 heavy (non-hydrogen) atoms. The predicted molar refractivity (Wildman–Crippen MR) is 75.2 cm³/mol. The molecule has 1 aromatic rings. The fraction of sp³-hybridized carbons (Fsp3) is 0.286. The second-order valence-electron chi connectivity index (χ2n) is 4.13. The Kier molecular flexibility index (Phi) is 5.60. The number of amides is 2. The van der Waals surface area contributed by atoms with Gasteiger partial charge < -0.3 is 15.7 Å². The van der Waals surface area contributed by atoms with Crippen LogP contribution in [-0.2, 0) is 4.79 Å². The Labute approximate surface area is 112 Å². The predicted octanol–water partition coefficient (Wildman–Crippen LogP) is 2.62. The van der Waals surface area contributed by atoms with Gasteiger partial charge in [0.1, 0.15) is 0 Å². The molecule has 0 aliphatic carbocycles. The van der Waals surface area contributed by atoms with Crippen LogP contribution in [0.5, 0.6) is 0 Å². The Bertz CT molecular complexity index is 495. The molecular formula is C14H18N2O3. The number of carbonyl (C=O) groups excluding carboxylic acids is 1. The van der Waals surface area contributed by atoms with E-state index in [1.165, 1.54) is 6.08 Å². The quantitative estimate of drug-likeness (QED) is 0.714. The number of aryl methyl sites for hydroxylation is 1. The molecule has 0 unspecified atom stereocenters. The van der Waals surface area contributed by atoms with Crippen LogP contribution in [0.25, 0.3) is 6.08 Å². The molecule has 0 aromatic heterocycles. The number of hydrogen-bond donors (Lipinski definition) is 3. The Balaban J connectivity index is 2.72. The van der Waals surface area contributed by atoms with Crippen LogP contribution in [0, 0.1) is 6.92 Å². The Morgan fingerprint density at radius 2 is 2.11 bits per heavy atom. The van der Waals surface area contributed by atoms with Gasteiger partial charge in [0, 0.05) is 18.3 Å². The van der Waals surface area contributed by atoms with Crippen LogP contribution in [0.1, 0.15) is 24.5 Å². The molecule has 1 aromatic carbocycles. The number of carboxylic acids is 1. The third-order valence-corrected chi connectivity index (χ3v) is 2.45. The topological polar surface area (TPSA) is 78.4 Å². The molecule has 2 amide bonds. The molecule has 0 saturated heterocycles. The Morgan fingerprint density at radius 1 is 1.37 bits per heavy atom. The standard InChI is InChI=1S/C14H18N2O3/c1-3-8-15-14(19)16-12-6-4-11(9-10(12)2)5-7-13(17)18/h4-7,9H,3,8H2,1-2H3,(H,17,18)(H2,15,16,19)/b7-5+. The van der Waals surface area contributed by atoms with E-state index < -0.39 is 5.97 Å². The van der Waals surface area contributed by atoms with Crippen LogP contribution in [0.4, 0.5) is 10.5 Å². The smallest absolute Gasteiger partial charge is 0.328 e. The lowest BCUT2D eigenvalue weighted by atomic mass is 10.1. The largest absolute Gasteiger partial charge is 0.478 e. The van der Waals surface area contributed by atoms with Crippen molar-refractivity contribution in [3.8, 4) is 0 Å². The van der Waals surface area contributed by atoms with Crippen molar-refractivity contribution in [3.05, 3.63) is 35.4 Å². The number of urea groups is 1. The zero-order valence-corrected chi connectivity index (χ0v) is 11.1. The average Bonchev–Trinajstić information content (AvgIpc) is 2.36. The lowest BCUT2D eigenvalue weighted by Crippen LogP contribution is -2.29. The highest BCUT2D eigenvalue weighted by Gasteiger charge is 2.03. The first-order chi connectivity index (χ1) is 9.02. The van der Waals surface area contributed by atoms with Gasteiger partial charge >= 0.3 is 12.0 Å². The second-order valence-corrected chi connectivity index (χ2v) is 4.13. The van der Waals surface area contributed by atoms with Crippen molar-refractivity contribution in [1.82, 2.24) is 5.32 Å². The van der Waals surface area contributed by atoms with Gasteiger partial charge in [-0.2, -0.15) is 0 Å². The van der Waals surface area contributed by atoms with Crippen molar-refractivity contribution < 1.29 is 14.7 Å². The number of nitrogens with one attached hydrogen (secondary N) is 2. The van der Waals surface area contributed by atoms with Gasteiger partial charge in [-0.25, -0.2) is 9.59 Å². The van der Waals surface area contributed by atoms with Crippen molar-refractivity contribution in [2.75, 3.05) is 11.9 Å². The van der Waals surface area contributed by atoms with Gasteiger partial charge in [0.2, 0.25) is 0 Å². The van der Waals surface area contributed by atoms with E-state index in [0.717, 1.165) is 23.6 Å². The second kappa shape index (κ2) is 7.20. The maximum Gasteiger partial charge on any atom is 0.328 e. The lowest BCUT2D eigenvalue weighted by molar-refractivity contribution is -0.131. The molecule has 5 heteroatoms. The molecule has 102 valence electrons. The van der Waals surface area contributed by atoms with Crippen LogP contribution in [0.2, 0.25) is 0 Å². The van der Waals surface area contributed by atoms with Crippen LogP contribution >= 0.6 is 0 Å². The molecule has 0 saturated carbocycles. The molecule has 0 fully saturated rings. The van der Waals surface area contributed by atoms with Gasteiger partial charge in [-0.05, 0) is 42.7 Å². The summed E-state index contributed by atoms with van der Waals surface area (Å²) in [5.74, 6) is -0.987. The molecular weight excluding hydrogens is 244 g/mol. The minimum Gasteiger partial charge on any atom is -0.478 e. The number of benzene rings is 1. The summed E-state index contributed by atoms with van der Waals surface area (Å²) in [5, 5.41) is 14.0. The van der Waals surface area contributed by atoms with Crippen molar-refractivity contribution >= 4 is 23.8 Å². The van der Waals surface area contributed by atoms with E-state index >= 15 is 0 Å². The summed E-state index contributed by atoms with van der Waals surface area (Å²) in [5.41, 5.74) is 2.36. The first kappa shape index (κ1) is 14.8. The van der Waals surface area contributed by atoms with Crippen LogP contribution in [0.3, 0.4) is 0 Å². The first-order valence-electron chi connectivity index (χ1n) is 6.09. The van der Waals surface area contributed by atoms with E-state index in [4.69, 9.17) is 5.11 Å². The van der Waals surface area contributed by atoms with Crippen molar-refractivity contribution in [2.45, 2.75) is 20.3 Å². The van der Waals surface area contributed by atoms with Gasteiger partial charge in [0.25, 0.3) is 0 Å². The summed E-state index contributed by atoms with van der Waals surface area (Å²) in [6, 6.07) is 5.08. The zero-order chi connectivity index (χ0) is 14.3. The van der Waals surface area contributed by atoms with Crippen molar-refractivity contribution in [2.24, 2.45) is 0 Å². The Morgan fingerprint density at radius 3 is 2.68 bits per heavy atom. The third-order valence-electron chi connectivity index (χ3n) is 2.45. The number of carbonyl (C=O) groups is 2. The summed E-state index contributed by atoms with van der Waals surface area (Å²) >= 11 is 0. The lowest BCUT2D eigenvalue weighted by Gasteiger charge is -2.09. The van der Waals surface area contributed by atoms with Gasteiger partial charge in [-0.3, -0.25) is 0 Å². The van der Waals surface area contributed by atoms with Gasteiger partial charge in [-0.15, -0.1) is 0 Å². The Hall–Kier alpha value is -2.30. The van der Waals surface area contributed by atoms with Crippen LogP contribution in [-0.4, -0.2) is 23.7 Å². The number of rotatable bonds is 5. The van der Waals surface area contributed by atoms with Gasteiger partial charge in [0.05, 0.1) is 0 Å². The molecule has 0 radical (unpaired) electrons. The number of anilines is 1. The summed E-state index contributed by atoms with van der Waals surface area (Å²) < 4.78 is 0. The van der Waals surface area contributed by atoms with E-state index in [-0.39, 0.29) is 6.03 Å². The third kappa shape index (κ3) is 5.25.